The number of hydrogen-bond acceptors (Lipinski definition) is 6. The third kappa shape index (κ3) is 4.87. The molecule has 2 aliphatic rings. The summed E-state index contributed by atoms with van der Waals surface area (Å²) in [6.07, 6.45) is 0.837. The van der Waals surface area contributed by atoms with E-state index >= 15 is 0 Å². The van der Waals surface area contributed by atoms with Gasteiger partial charge in [0.2, 0.25) is 12.7 Å². The molecule has 2 unspecified atom stereocenters. The molecule has 26 heavy (non-hydrogen) atoms. The highest BCUT2D eigenvalue weighted by molar-refractivity contribution is 5.78. The van der Waals surface area contributed by atoms with Gasteiger partial charge >= 0.3 is 0 Å². The summed E-state index contributed by atoms with van der Waals surface area (Å²) in [4.78, 5) is 16.6. The summed E-state index contributed by atoms with van der Waals surface area (Å²) >= 11 is 0. The van der Waals surface area contributed by atoms with Crippen LogP contribution in [-0.4, -0.2) is 74.6 Å². The lowest BCUT2D eigenvalue weighted by atomic mass is 10.1. The molecule has 7 nitrogen and oxygen atoms in total. The number of carbonyl (C=O) groups is 1. The summed E-state index contributed by atoms with van der Waals surface area (Å²) in [5.74, 6) is 1.67. The topological polar surface area (TPSA) is 63.3 Å². The zero-order chi connectivity index (χ0) is 18.5. The minimum Gasteiger partial charge on any atom is -0.454 e. The maximum Gasteiger partial charge on any atom is 0.235 e. The van der Waals surface area contributed by atoms with Crippen LogP contribution in [0.2, 0.25) is 0 Å². The van der Waals surface area contributed by atoms with Crippen LogP contribution in [0.25, 0.3) is 0 Å². The van der Waals surface area contributed by atoms with Gasteiger partial charge in [-0.15, -0.1) is 0 Å². The van der Waals surface area contributed by atoms with Crippen LogP contribution in [0.15, 0.2) is 18.2 Å². The lowest BCUT2D eigenvalue weighted by Gasteiger charge is -2.32. The molecule has 0 bridgehead atoms. The SMILES string of the molecule is CC(Cc1ccc2c(c1)OCO2)N(C)C(C)NC(=O)CN1CCOCC1. The van der Waals surface area contributed by atoms with Crippen LogP contribution in [0.4, 0.5) is 0 Å². The summed E-state index contributed by atoms with van der Waals surface area (Å²) in [5, 5.41) is 3.10. The van der Waals surface area contributed by atoms with Crippen molar-refractivity contribution < 1.29 is 19.0 Å². The molecule has 0 saturated carbocycles. The van der Waals surface area contributed by atoms with E-state index in [2.05, 4.69) is 28.1 Å². The average Bonchev–Trinajstić information content (AvgIpc) is 3.09. The van der Waals surface area contributed by atoms with Crippen molar-refractivity contribution in [2.75, 3.05) is 46.7 Å². The van der Waals surface area contributed by atoms with Crippen LogP contribution in [0, 0.1) is 0 Å². The predicted molar refractivity (Wildman–Crippen MR) is 98.4 cm³/mol. The van der Waals surface area contributed by atoms with Gasteiger partial charge in [-0.3, -0.25) is 14.6 Å². The fraction of sp³-hybridized carbons (Fsp3) is 0.632. The molecule has 1 amide bonds. The molecule has 1 saturated heterocycles. The molecule has 0 aromatic heterocycles. The van der Waals surface area contributed by atoms with E-state index in [1.165, 1.54) is 5.56 Å². The highest BCUT2D eigenvalue weighted by Crippen LogP contribution is 2.32. The number of benzene rings is 1. The van der Waals surface area contributed by atoms with Crippen molar-refractivity contribution in [3.63, 3.8) is 0 Å². The van der Waals surface area contributed by atoms with Crippen LogP contribution in [0.5, 0.6) is 11.5 Å². The first-order chi connectivity index (χ1) is 12.5. The quantitative estimate of drug-likeness (QED) is 0.732. The van der Waals surface area contributed by atoms with Crippen molar-refractivity contribution in [2.45, 2.75) is 32.5 Å². The van der Waals surface area contributed by atoms with E-state index < -0.39 is 0 Å². The first-order valence-electron chi connectivity index (χ1n) is 9.23. The molecular formula is C19H29N3O4. The number of morpholine rings is 1. The van der Waals surface area contributed by atoms with Crippen molar-refractivity contribution in [1.82, 2.24) is 15.1 Å². The lowest BCUT2D eigenvalue weighted by molar-refractivity contribution is -0.125. The van der Waals surface area contributed by atoms with Gasteiger partial charge in [-0.25, -0.2) is 0 Å². The number of ether oxygens (including phenoxy) is 3. The van der Waals surface area contributed by atoms with Crippen molar-refractivity contribution in [2.24, 2.45) is 0 Å². The number of amides is 1. The Labute approximate surface area is 155 Å². The largest absolute Gasteiger partial charge is 0.454 e. The molecule has 144 valence electrons. The third-order valence-corrected chi connectivity index (χ3v) is 5.12. The van der Waals surface area contributed by atoms with Gasteiger partial charge in [-0.2, -0.15) is 0 Å². The first-order valence-corrected chi connectivity index (χ1v) is 9.23. The molecule has 3 rings (SSSR count). The number of rotatable bonds is 7. The van der Waals surface area contributed by atoms with Crippen LogP contribution in [-0.2, 0) is 16.0 Å². The van der Waals surface area contributed by atoms with Gasteiger partial charge in [0.15, 0.2) is 11.5 Å². The minimum atomic E-state index is -0.0347. The number of hydrogen-bond donors (Lipinski definition) is 1. The van der Waals surface area contributed by atoms with Crippen molar-refractivity contribution in [3.05, 3.63) is 23.8 Å². The van der Waals surface area contributed by atoms with Crippen LogP contribution < -0.4 is 14.8 Å². The molecule has 7 heteroatoms. The van der Waals surface area contributed by atoms with Gasteiger partial charge in [0.05, 0.1) is 25.9 Å². The molecule has 1 fully saturated rings. The highest BCUT2D eigenvalue weighted by Gasteiger charge is 2.21. The van der Waals surface area contributed by atoms with Crippen molar-refractivity contribution in [1.29, 1.82) is 0 Å². The standard InChI is InChI=1S/C19H29N3O4/c1-14(10-16-4-5-17-18(11-16)26-13-25-17)21(3)15(2)20-19(23)12-22-6-8-24-9-7-22/h4-5,11,14-15H,6-10,12-13H2,1-3H3,(H,20,23). The van der Waals surface area contributed by atoms with E-state index in [0.717, 1.165) is 31.0 Å². The normalized spacial score (nSPS) is 19.4. The van der Waals surface area contributed by atoms with Crippen LogP contribution in [0.1, 0.15) is 19.4 Å². The van der Waals surface area contributed by atoms with Gasteiger partial charge in [0.25, 0.3) is 0 Å². The van der Waals surface area contributed by atoms with Gasteiger partial charge in [-0.05, 0) is 45.0 Å². The van der Waals surface area contributed by atoms with Crippen molar-refractivity contribution in [3.8, 4) is 11.5 Å². The first kappa shape index (κ1) is 18.9. The molecule has 2 atom stereocenters. The number of carbonyl (C=O) groups excluding carboxylic acids is 1. The predicted octanol–water partition coefficient (Wildman–Crippen LogP) is 1.07. The average molecular weight is 363 g/mol. The molecule has 0 radical (unpaired) electrons. The van der Waals surface area contributed by atoms with Gasteiger partial charge in [-0.1, -0.05) is 6.07 Å². The Morgan fingerprint density at radius 3 is 2.73 bits per heavy atom. The van der Waals surface area contributed by atoms with E-state index in [1.54, 1.807) is 0 Å². The summed E-state index contributed by atoms with van der Waals surface area (Å²) in [5.41, 5.74) is 1.19. The fourth-order valence-corrected chi connectivity index (χ4v) is 3.28. The number of likely N-dealkylation sites (N-methyl/N-ethyl adjacent to an activating group) is 1. The monoisotopic (exact) mass is 363 g/mol. The second-order valence-corrected chi connectivity index (χ2v) is 7.04. The lowest BCUT2D eigenvalue weighted by Crippen LogP contribution is -2.51. The molecule has 1 N–H and O–H groups in total. The van der Waals surface area contributed by atoms with Gasteiger partial charge in [0.1, 0.15) is 0 Å². The number of fused-ring (bicyclic) bond motifs is 1. The zero-order valence-corrected chi connectivity index (χ0v) is 15.9. The van der Waals surface area contributed by atoms with E-state index in [1.807, 2.05) is 26.1 Å². The van der Waals surface area contributed by atoms with E-state index in [9.17, 15) is 4.79 Å². The summed E-state index contributed by atoms with van der Waals surface area (Å²) < 4.78 is 16.1. The maximum atomic E-state index is 12.3. The number of nitrogens with zero attached hydrogens (tertiary/aromatic N) is 2. The Hall–Kier alpha value is -1.83. The second kappa shape index (κ2) is 8.70. The Morgan fingerprint density at radius 1 is 1.23 bits per heavy atom. The molecular weight excluding hydrogens is 334 g/mol. The Bertz CT molecular complexity index is 619. The summed E-state index contributed by atoms with van der Waals surface area (Å²) in [6.45, 7) is 7.95. The van der Waals surface area contributed by atoms with E-state index in [-0.39, 0.29) is 18.1 Å². The van der Waals surface area contributed by atoms with E-state index in [4.69, 9.17) is 14.2 Å². The van der Waals surface area contributed by atoms with Crippen LogP contribution >= 0.6 is 0 Å². The maximum absolute atomic E-state index is 12.3. The molecule has 2 aliphatic heterocycles. The van der Waals surface area contributed by atoms with Gasteiger partial charge in [0, 0.05) is 19.1 Å². The van der Waals surface area contributed by atoms with E-state index in [0.29, 0.717) is 26.6 Å². The fourth-order valence-electron chi connectivity index (χ4n) is 3.28. The third-order valence-electron chi connectivity index (χ3n) is 5.12. The Kier molecular flexibility index (Phi) is 6.34. The molecule has 0 spiro atoms. The van der Waals surface area contributed by atoms with Crippen LogP contribution in [0.3, 0.4) is 0 Å². The second-order valence-electron chi connectivity index (χ2n) is 7.04. The van der Waals surface area contributed by atoms with Gasteiger partial charge < -0.3 is 19.5 Å². The molecule has 1 aromatic carbocycles. The smallest absolute Gasteiger partial charge is 0.235 e. The Morgan fingerprint density at radius 2 is 1.96 bits per heavy atom. The molecule has 2 heterocycles. The highest BCUT2D eigenvalue weighted by atomic mass is 16.7. The van der Waals surface area contributed by atoms with Crippen molar-refractivity contribution >= 4 is 5.91 Å². The zero-order valence-electron chi connectivity index (χ0n) is 15.9. The minimum absolute atomic E-state index is 0.0347. The summed E-state index contributed by atoms with van der Waals surface area (Å²) in [7, 11) is 2.04. The molecule has 1 aromatic rings. The Balaban J connectivity index is 1.47. The number of nitrogens with one attached hydrogen (secondary N) is 1. The molecule has 0 aliphatic carbocycles. The summed E-state index contributed by atoms with van der Waals surface area (Å²) in [6, 6.07) is 6.33.